The molecule has 16 heavy (non-hydrogen) atoms. The lowest BCUT2D eigenvalue weighted by atomic mass is 10.1. The van der Waals surface area contributed by atoms with Crippen LogP contribution in [0.3, 0.4) is 0 Å². The van der Waals surface area contributed by atoms with Gasteiger partial charge in [-0.1, -0.05) is 39.0 Å². The predicted molar refractivity (Wildman–Crippen MR) is 68.1 cm³/mol. The van der Waals surface area contributed by atoms with E-state index in [4.69, 9.17) is 0 Å². The van der Waals surface area contributed by atoms with Gasteiger partial charge in [0.2, 0.25) is 0 Å². The molecule has 0 aromatic carbocycles. The van der Waals surface area contributed by atoms with E-state index in [1.807, 2.05) is 17.1 Å². The first-order valence-corrected chi connectivity index (χ1v) is 6.23. The Hall–Kier alpha value is -1.23. The molecule has 1 rings (SSSR count). The molecule has 0 bridgehead atoms. The SMILES string of the molecule is CCCCC#Cc1cnn(CCC(C)C)c1. The molecule has 1 aromatic heterocycles. The summed E-state index contributed by atoms with van der Waals surface area (Å²) in [6, 6.07) is 0. The van der Waals surface area contributed by atoms with Crippen molar-refractivity contribution in [2.24, 2.45) is 5.92 Å². The summed E-state index contributed by atoms with van der Waals surface area (Å²) in [5, 5.41) is 4.30. The highest BCUT2D eigenvalue weighted by molar-refractivity contribution is 5.29. The summed E-state index contributed by atoms with van der Waals surface area (Å²) in [5.41, 5.74) is 1.04. The molecule has 2 heteroatoms. The molecule has 0 radical (unpaired) electrons. The van der Waals surface area contributed by atoms with Crippen LogP contribution in [0.15, 0.2) is 12.4 Å². The zero-order valence-corrected chi connectivity index (χ0v) is 10.7. The van der Waals surface area contributed by atoms with Crippen molar-refractivity contribution < 1.29 is 0 Å². The lowest BCUT2D eigenvalue weighted by Crippen LogP contribution is -2.01. The number of nitrogens with zero attached hydrogens (tertiary/aromatic N) is 2. The van der Waals surface area contributed by atoms with Gasteiger partial charge in [-0.3, -0.25) is 4.68 Å². The molecule has 0 saturated carbocycles. The Morgan fingerprint density at radius 2 is 2.25 bits per heavy atom. The highest BCUT2D eigenvalue weighted by Crippen LogP contribution is 2.03. The third-order valence-corrected chi connectivity index (χ3v) is 2.46. The number of rotatable bonds is 5. The zero-order chi connectivity index (χ0) is 11.8. The Balaban J connectivity index is 2.40. The van der Waals surface area contributed by atoms with Crippen LogP contribution in [0.25, 0.3) is 0 Å². The molecular weight excluding hydrogens is 196 g/mol. The first-order valence-electron chi connectivity index (χ1n) is 6.23. The summed E-state index contributed by atoms with van der Waals surface area (Å²) in [6.45, 7) is 7.64. The molecule has 0 aliphatic carbocycles. The molecule has 0 aliphatic rings. The monoisotopic (exact) mass is 218 g/mol. The zero-order valence-electron chi connectivity index (χ0n) is 10.7. The fourth-order valence-electron chi connectivity index (χ4n) is 1.37. The van der Waals surface area contributed by atoms with Crippen molar-refractivity contribution in [3.8, 4) is 11.8 Å². The summed E-state index contributed by atoms with van der Waals surface area (Å²) in [4.78, 5) is 0. The van der Waals surface area contributed by atoms with Crippen molar-refractivity contribution in [3.05, 3.63) is 18.0 Å². The van der Waals surface area contributed by atoms with Crippen LogP contribution < -0.4 is 0 Å². The van der Waals surface area contributed by atoms with E-state index in [0.717, 1.165) is 24.4 Å². The normalized spacial score (nSPS) is 10.2. The van der Waals surface area contributed by atoms with Gasteiger partial charge in [-0.15, -0.1) is 0 Å². The van der Waals surface area contributed by atoms with Crippen molar-refractivity contribution in [2.45, 2.75) is 53.0 Å². The van der Waals surface area contributed by atoms with E-state index in [2.05, 4.69) is 37.7 Å². The predicted octanol–water partition coefficient (Wildman–Crippen LogP) is 3.47. The van der Waals surface area contributed by atoms with Gasteiger partial charge in [0.25, 0.3) is 0 Å². The maximum atomic E-state index is 4.30. The summed E-state index contributed by atoms with van der Waals surface area (Å²) in [6.07, 6.45) is 8.47. The standard InChI is InChI=1S/C14H22N2/c1-4-5-6-7-8-14-11-15-16(12-14)10-9-13(2)3/h11-13H,4-6,9-10H2,1-3H3. The third kappa shape index (κ3) is 5.02. The van der Waals surface area contributed by atoms with Gasteiger partial charge in [-0.2, -0.15) is 5.10 Å². The largest absolute Gasteiger partial charge is 0.271 e. The van der Waals surface area contributed by atoms with E-state index >= 15 is 0 Å². The molecule has 0 fully saturated rings. The van der Waals surface area contributed by atoms with Crippen LogP contribution in [-0.4, -0.2) is 9.78 Å². The second-order valence-corrected chi connectivity index (χ2v) is 4.58. The van der Waals surface area contributed by atoms with Gasteiger partial charge in [0.05, 0.1) is 11.8 Å². The molecule has 1 heterocycles. The smallest absolute Gasteiger partial charge is 0.0646 e. The first-order chi connectivity index (χ1) is 7.72. The van der Waals surface area contributed by atoms with Crippen LogP contribution in [0, 0.1) is 17.8 Å². The van der Waals surface area contributed by atoms with E-state index in [9.17, 15) is 0 Å². The van der Waals surface area contributed by atoms with Gasteiger partial charge in [-0.25, -0.2) is 0 Å². The minimum absolute atomic E-state index is 0.725. The van der Waals surface area contributed by atoms with Crippen molar-refractivity contribution in [1.82, 2.24) is 9.78 Å². The van der Waals surface area contributed by atoms with E-state index in [0.29, 0.717) is 0 Å². The molecule has 0 spiro atoms. The first kappa shape index (κ1) is 12.8. The van der Waals surface area contributed by atoms with Crippen LogP contribution in [0.4, 0.5) is 0 Å². The van der Waals surface area contributed by atoms with Gasteiger partial charge in [0.15, 0.2) is 0 Å². The van der Waals surface area contributed by atoms with Crippen LogP contribution in [-0.2, 0) is 6.54 Å². The minimum atomic E-state index is 0.725. The summed E-state index contributed by atoms with van der Waals surface area (Å²) in [5.74, 6) is 7.06. The van der Waals surface area contributed by atoms with Crippen molar-refractivity contribution in [2.75, 3.05) is 0 Å². The van der Waals surface area contributed by atoms with E-state index in [1.54, 1.807) is 0 Å². The lowest BCUT2D eigenvalue weighted by Gasteiger charge is -2.03. The average Bonchev–Trinajstić information content (AvgIpc) is 2.70. The maximum absolute atomic E-state index is 4.30. The molecule has 0 amide bonds. The van der Waals surface area contributed by atoms with Crippen LogP contribution in [0.2, 0.25) is 0 Å². The molecule has 2 nitrogen and oxygen atoms in total. The van der Waals surface area contributed by atoms with Crippen LogP contribution >= 0.6 is 0 Å². The van der Waals surface area contributed by atoms with Crippen LogP contribution in [0.1, 0.15) is 52.0 Å². The second-order valence-electron chi connectivity index (χ2n) is 4.58. The average molecular weight is 218 g/mol. The Morgan fingerprint density at radius 1 is 1.44 bits per heavy atom. The molecule has 0 aliphatic heterocycles. The highest BCUT2D eigenvalue weighted by Gasteiger charge is 1.97. The Kier molecular flexibility index (Phi) is 5.71. The van der Waals surface area contributed by atoms with E-state index in [-0.39, 0.29) is 0 Å². The van der Waals surface area contributed by atoms with Gasteiger partial charge >= 0.3 is 0 Å². The highest BCUT2D eigenvalue weighted by atomic mass is 15.3. The lowest BCUT2D eigenvalue weighted by molar-refractivity contribution is 0.487. The fraction of sp³-hybridized carbons (Fsp3) is 0.643. The Labute approximate surface area is 99.1 Å². The summed E-state index contributed by atoms with van der Waals surface area (Å²) in [7, 11) is 0. The topological polar surface area (TPSA) is 17.8 Å². The van der Waals surface area contributed by atoms with Gasteiger partial charge in [0, 0.05) is 19.2 Å². The number of hydrogen-bond acceptors (Lipinski definition) is 1. The Bertz CT molecular complexity index is 352. The minimum Gasteiger partial charge on any atom is -0.271 e. The number of unbranched alkanes of at least 4 members (excludes halogenated alkanes) is 2. The maximum Gasteiger partial charge on any atom is 0.0646 e. The van der Waals surface area contributed by atoms with Gasteiger partial charge in [0.1, 0.15) is 0 Å². The quantitative estimate of drug-likeness (QED) is 0.546. The third-order valence-electron chi connectivity index (χ3n) is 2.46. The molecule has 0 N–H and O–H groups in total. The molecular formula is C14H22N2. The van der Waals surface area contributed by atoms with Crippen molar-refractivity contribution >= 4 is 0 Å². The van der Waals surface area contributed by atoms with Crippen molar-refractivity contribution in [1.29, 1.82) is 0 Å². The summed E-state index contributed by atoms with van der Waals surface area (Å²) < 4.78 is 1.99. The molecule has 0 saturated heterocycles. The van der Waals surface area contributed by atoms with Gasteiger partial charge < -0.3 is 0 Å². The van der Waals surface area contributed by atoms with Crippen LogP contribution in [0.5, 0.6) is 0 Å². The molecule has 0 unspecified atom stereocenters. The number of aromatic nitrogens is 2. The molecule has 88 valence electrons. The molecule has 1 aromatic rings. The second kappa shape index (κ2) is 7.11. The van der Waals surface area contributed by atoms with E-state index < -0.39 is 0 Å². The molecule has 0 atom stereocenters. The summed E-state index contributed by atoms with van der Waals surface area (Å²) >= 11 is 0. The number of hydrogen-bond donors (Lipinski definition) is 0. The van der Waals surface area contributed by atoms with E-state index in [1.165, 1.54) is 19.3 Å². The number of aryl methyl sites for hydroxylation is 1. The fourth-order valence-corrected chi connectivity index (χ4v) is 1.37. The van der Waals surface area contributed by atoms with Crippen molar-refractivity contribution in [3.63, 3.8) is 0 Å². The van der Waals surface area contributed by atoms with Gasteiger partial charge in [-0.05, 0) is 18.8 Å². The Morgan fingerprint density at radius 3 is 2.94 bits per heavy atom.